The quantitative estimate of drug-likeness (QED) is 0.888. The lowest BCUT2D eigenvalue weighted by atomic mass is 10.2. The van der Waals surface area contributed by atoms with Crippen LogP contribution >= 0.6 is 11.3 Å². The highest BCUT2D eigenvalue weighted by Crippen LogP contribution is 2.22. The smallest absolute Gasteiger partial charge is 0.240 e. The molecule has 1 aromatic heterocycles. The zero-order chi connectivity index (χ0) is 17.8. The highest BCUT2D eigenvalue weighted by molar-refractivity contribution is 7.15. The van der Waals surface area contributed by atoms with Gasteiger partial charge in [0.05, 0.1) is 19.3 Å². The first-order chi connectivity index (χ1) is 12.0. The van der Waals surface area contributed by atoms with Gasteiger partial charge in [0.2, 0.25) is 5.91 Å². The zero-order valence-corrected chi connectivity index (χ0v) is 15.7. The Morgan fingerprint density at radius 1 is 1.20 bits per heavy atom. The third-order valence-electron chi connectivity index (χ3n) is 4.45. The Balaban J connectivity index is 1.47. The molecule has 0 unspecified atom stereocenters. The average Bonchev–Trinajstić information content (AvgIpc) is 2.93. The third kappa shape index (κ3) is 4.49. The van der Waals surface area contributed by atoms with Crippen molar-refractivity contribution in [2.45, 2.75) is 13.8 Å². The second kappa shape index (κ2) is 7.84. The fourth-order valence-electron chi connectivity index (χ4n) is 2.85. The fraction of sp³-hybridized carbons (Fsp3) is 0.444. The monoisotopic (exact) mass is 360 g/mol. The van der Waals surface area contributed by atoms with Crippen LogP contribution in [0, 0.1) is 13.8 Å². The van der Waals surface area contributed by atoms with Gasteiger partial charge in [-0.25, -0.2) is 4.98 Å². The molecule has 1 fully saturated rings. The number of amides is 1. The van der Waals surface area contributed by atoms with Crippen LogP contribution in [-0.4, -0.2) is 55.6 Å². The third-order valence-corrected chi connectivity index (χ3v) is 5.44. The van der Waals surface area contributed by atoms with Gasteiger partial charge in [-0.2, -0.15) is 0 Å². The maximum absolute atomic E-state index is 12.2. The van der Waals surface area contributed by atoms with Crippen LogP contribution in [0.15, 0.2) is 24.3 Å². The topological polar surface area (TPSA) is 57.7 Å². The molecule has 3 rings (SSSR count). The van der Waals surface area contributed by atoms with Crippen molar-refractivity contribution < 1.29 is 9.53 Å². The molecule has 0 aliphatic carbocycles. The van der Waals surface area contributed by atoms with Crippen molar-refractivity contribution in [3.63, 3.8) is 0 Å². The molecule has 134 valence electrons. The number of benzene rings is 1. The molecule has 1 aromatic carbocycles. The number of hydrogen-bond donors (Lipinski definition) is 1. The van der Waals surface area contributed by atoms with E-state index in [1.807, 2.05) is 26.0 Å². The number of aromatic nitrogens is 1. The molecule has 7 heteroatoms. The summed E-state index contributed by atoms with van der Waals surface area (Å²) in [6.45, 7) is 7.95. The van der Waals surface area contributed by atoms with Crippen molar-refractivity contribution in [2.24, 2.45) is 0 Å². The van der Waals surface area contributed by atoms with E-state index in [0.717, 1.165) is 42.5 Å². The van der Waals surface area contributed by atoms with Crippen molar-refractivity contribution in [1.29, 1.82) is 0 Å². The highest BCUT2D eigenvalue weighted by atomic mass is 32.1. The Morgan fingerprint density at radius 3 is 2.44 bits per heavy atom. The van der Waals surface area contributed by atoms with E-state index in [9.17, 15) is 4.79 Å². The summed E-state index contributed by atoms with van der Waals surface area (Å²) in [5.74, 6) is 0.873. The van der Waals surface area contributed by atoms with E-state index in [0.29, 0.717) is 11.7 Å². The van der Waals surface area contributed by atoms with Gasteiger partial charge in [0.1, 0.15) is 5.75 Å². The molecule has 0 atom stereocenters. The summed E-state index contributed by atoms with van der Waals surface area (Å²) in [6, 6.07) is 8.11. The van der Waals surface area contributed by atoms with Gasteiger partial charge in [-0.3, -0.25) is 9.69 Å². The number of hydrogen-bond acceptors (Lipinski definition) is 6. The largest absolute Gasteiger partial charge is 0.497 e. The number of carbonyl (C=O) groups is 1. The van der Waals surface area contributed by atoms with Crippen LogP contribution in [0.4, 0.5) is 10.8 Å². The van der Waals surface area contributed by atoms with Crippen molar-refractivity contribution in [3.8, 4) is 5.75 Å². The van der Waals surface area contributed by atoms with Crippen LogP contribution in [-0.2, 0) is 4.79 Å². The average molecular weight is 360 g/mol. The first-order valence-corrected chi connectivity index (χ1v) is 9.22. The van der Waals surface area contributed by atoms with Crippen molar-refractivity contribution >= 4 is 28.1 Å². The number of rotatable bonds is 5. The molecule has 1 saturated heterocycles. The van der Waals surface area contributed by atoms with E-state index >= 15 is 0 Å². The maximum Gasteiger partial charge on any atom is 0.240 e. The maximum atomic E-state index is 12.2. The standard InChI is InChI=1S/C18H24N4O2S/c1-13-14(2)25-18(19-13)20-17(23)12-21-8-10-22(11-9-21)15-4-6-16(24-3)7-5-15/h4-7H,8-12H2,1-3H3,(H,19,20,23). The number of piperazine rings is 1. The highest BCUT2D eigenvalue weighted by Gasteiger charge is 2.19. The number of methoxy groups -OCH3 is 1. The first kappa shape index (κ1) is 17.7. The van der Waals surface area contributed by atoms with Crippen LogP contribution in [0.2, 0.25) is 0 Å². The molecule has 1 aliphatic heterocycles. The SMILES string of the molecule is COc1ccc(N2CCN(CC(=O)Nc3nc(C)c(C)s3)CC2)cc1. The molecule has 2 aromatic rings. The summed E-state index contributed by atoms with van der Waals surface area (Å²) in [7, 11) is 1.67. The van der Waals surface area contributed by atoms with Gasteiger partial charge in [-0.05, 0) is 38.1 Å². The van der Waals surface area contributed by atoms with Gasteiger partial charge in [0, 0.05) is 36.7 Å². The second-order valence-corrected chi connectivity index (χ2v) is 7.37. The molecule has 1 aliphatic rings. The number of nitrogens with zero attached hydrogens (tertiary/aromatic N) is 3. The molecule has 2 heterocycles. The lowest BCUT2D eigenvalue weighted by Crippen LogP contribution is -2.48. The molecule has 0 bridgehead atoms. The molecular formula is C18H24N4O2S. The van der Waals surface area contributed by atoms with Gasteiger partial charge in [-0.1, -0.05) is 0 Å². The Bertz CT molecular complexity index is 702. The predicted molar refractivity (Wildman–Crippen MR) is 102 cm³/mol. The van der Waals surface area contributed by atoms with Gasteiger partial charge < -0.3 is 15.0 Å². The minimum atomic E-state index is 0.00616. The van der Waals surface area contributed by atoms with Crippen LogP contribution in [0.5, 0.6) is 5.75 Å². The number of nitrogens with one attached hydrogen (secondary N) is 1. The zero-order valence-electron chi connectivity index (χ0n) is 14.9. The number of ether oxygens (including phenoxy) is 1. The van der Waals surface area contributed by atoms with Gasteiger partial charge in [0.15, 0.2) is 5.13 Å². The van der Waals surface area contributed by atoms with E-state index < -0.39 is 0 Å². The van der Waals surface area contributed by atoms with Gasteiger partial charge in [0.25, 0.3) is 0 Å². The minimum Gasteiger partial charge on any atom is -0.497 e. The summed E-state index contributed by atoms with van der Waals surface area (Å²) >= 11 is 1.53. The van der Waals surface area contributed by atoms with E-state index in [4.69, 9.17) is 4.74 Å². The van der Waals surface area contributed by atoms with Crippen molar-refractivity contribution in [1.82, 2.24) is 9.88 Å². The number of thiazole rings is 1. The molecule has 1 N–H and O–H groups in total. The van der Waals surface area contributed by atoms with Gasteiger partial charge in [-0.15, -0.1) is 11.3 Å². The summed E-state index contributed by atoms with van der Waals surface area (Å²) in [4.78, 5) is 22.2. The normalized spacial score (nSPS) is 15.2. The fourth-order valence-corrected chi connectivity index (χ4v) is 3.68. The summed E-state index contributed by atoms with van der Waals surface area (Å²) < 4.78 is 5.20. The van der Waals surface area contributed by atoms with E-state index in [1.54, 1.807) is 7.11 Å². The lowest BCUT2D eigenvalue weighted by molar-refractivity contribution is -0.117. The number of anilines is 2. The Labute approximate surface area is 152 Å². The molecule has 0 saturated carbocycles. The molecule has 0 radical (unpaired) electrons. The van der Waals surface area contributed by atoms with Crippen LogP contribution in [0.25, 0.3) is 0 Å². The molecule has 25 heavy (non-hydrogen) atoms. The molecule has 1 amide bonds. The van der Waals surface area contributed by atoms with Crippen molar-refractivity contribution in [3.05, 3.63) is 34.8 Å². The Kier molecular flexibility index (Phi) is 5.55. The Morgan fingerprint density at radius 2 is 1.88 bits per heavy atom. The summed E-state index contributed by atoms with van der Waals surface area (Å²) in [6.07, 6.45) is 0. The Hall–Kier alpha value is -2.12. The number of carbonyl (C=O) groups excluding carboxylic acids is 1. The molecule has 0 spiro atoms. The first-order valence-electron chi connectivity index (χ1n) is 8.40. The molecular weight excluding hydrogens is 336 g/mol. The summed E-state index contributed by atoms with van der Waals surface area (Å²) in [5.41, 5.74) is 2.17. The van der Waals surface area contributed by atoms with E-state index in [1.165, 1.54) is 17.0 Å². The lowest BCUT2D eigenvalue weighted by Gasteiger charge is -2.35. The number of aryl methyl sites for hydroxylation is 2. The summed E-state index contributed by atoms with van der Waals surface area (Å²) in [5, 5.41) is 3.60. The van der Waals surface area contributed by atoms with E-state index in [-0.39, 0.29) is 5.91 Å². The van der Waals surface area contributed by atoms with Crippen LogP contribution in [0.3, 0.4) is 0 Å². The van der Waals surface area contributed by atoms with Crippen LogP contribution in [0.1, 0.15) is 10.6 Å². The minimum absolute atomic E-state index is 0.00616. The van der Waals surface area contributed by atoms with E-state index in [2.05, 4.69) is 32.2 Å². The molecule has 6 nitrogen and oxygen atoms in total. The van der Waals surface area contributed by atoms with Gasteiger partial charge >= 0.3 is 0 Å². The van der Waals surface area contributed by atoms with Crippen LogP contribution < -0.4 is 15.0 Å². The second-order valence-electron chi connectivity index (χ2n) is 6.17. The van der Waals surface area contributed by atoms with Crippen molar-refractivity contribution in [2.75, 3.05) is 50.1 Å². The predicted octanol–water partition coefficient (Wildman–Crippen LogP) is 2.53.